The lowest BCUT2D eigenvalue weighted by molar-refractivity contribution is -0.137. The Bertz CT molecular complexity index is 1840. The van der Waals surface area contributed by atoms with Crippen molar-refractivity contribution in [2.75, 3.05) is 11.9 Å². The van der Waals surface area contributed by atoms with Crippen LogP contribution in [0.5, 0.6) is 0 Å². The predicted octanol–water partition coefficient (Wildman–Crippen LogP) is 6.57. The van der Waals surface area contributed by atoms with Gasteiger partial charge in [-0.1, -0.05) is 49.4 Å². The van der Waals surface area contributed by atoms with Crippen molar-refractivity contribution in [2.24, 2.45) is 0 Å². The van der Waals surface area contributed by atoms with Crippen LogP contribution in [0.3, 0.4) is 0 Å². The number of carbonyl (C=O) groups is 3. The van der Waals surface area contributed by atoms with E-state index < -0.39 is 23.7 Å². The summed E-state index contributed by atoms with van der Waals surface area (Å²) in [6.07, 6.45) is -2.69. The minimum atomic E-state index is -4.48. The SMILES string of the molecule is CCC(=O)NC[C@@H](NC(=O)c1ccc2nc(NC(=O)c3cccnc3-c3ccc(C(F)(F)F)cc3)ccc2c1)c1ccccc1. The Hall–Kier alpha value is -5.58. The summed E-state index contributed by atoms with van der Waals surface area (Å²) >= 11 is 0. The van der Waals surface area contributed by atoms with Gasteiger partial charge in [0.2, 0.25) is 5.91 Å². The Balaban J connectivity index is 1.31. The van der Waals surface area contributed by atoms with E-state index in [1.54, 1.807) is 43.3 Å². The van der Waals surface area contributed by atoms with Crippen molar-refractivity contribution in [3.05, 3.63) is 126 Å². The quantitative estimate of drug-likeness (QED) is 0.175. The van der Waals surface area contributed by atoms with Crippen LogP contribution in [-0.4, -0.2) is 34.2 Å². The third-order valence-corrected chi connectivity index (χ3v) is 7.06. The zero-order chi connectivity index (χ0) is 32.0. The largest absolute Gasteiger partial charge is 0.416 e. The maximum atomic E-state index is 13.2. The molecule has 0 bridgehead atoms. The number of hydrogen-bond donors (Lipinski definition) is 3. The second-order valence-corrected chi connectivity index (χ2v) is 10.1. The van der Waals surface area contributed by atoms with E-state index in [0.717, 1.165) is 17.7 Å². The molecule has 0 unspecified atom stereocenters. The topological polar surface area (TPSA) is 113 Å². The fraction of sp³-hybridized carbons (Fsp3) is 0.147. The fourth-order valence-corrected chi connectivity index (χ4v) is 4.68. The van der Waals surface area contributed by atoms with Crippen molar-refractivity contribution >= 4 is 34.4 Å². The molecule has 0 aliphatic rings. The van der Waals surface area contributed by atoms with E-state index in [-0.39, 0.29) is 35.4 Å². The molecule has 0 aliphatic carbocycles. The molecule has 11 heteroatoms. The number of rotatable bonds is 9. The molecule has 1 atom stereocenters. The van der Waals surface area contributed by atoms with Gasteiger partial charge in [0.15, 0.2) is 0 Å². The number of halogens is 3. The lowest BCUT2D eigenvalue weighted by Crippen LogP contribution is -2.37. The van der Waals surface area contributed by atoms with Crippen molar-refractivity contribution in [1.29, 1.82) is 0 Å². The summed E-state index contributed by atoms with van der Waals surface area (Å²) in [6.45, 7) is 1.99. The molecule has 3 N–H and O–H groups in total. The van der Waals surface area contributed by atoms with Crippen LogP contribution in [0.1, 0.15) is 51.2 Å². The lowest BCUT2D eigenvalue weighted by Gasteiger charge is -2.20. The first-order valence-electron chi connectivity index (χ1n) is 14.1. The first-order chi connectivity index (χ1) is 21.6. The number of nitrogens with one attached hydrogen (secondary N) is 3. The molecule has 0 spiro atoms. The summed E-state index contributed by atoms with van der Waals surface area (Å²) < 4.78 is 39.0. The van der Waals surface area contributed by atoms with Crippen molar-refractivity contribution in [3.63, 3.8) is 0 Å². The molecule has 0 radical (unpaired) electrons. The van der Waals surface area contributed by atoms with E-state index in [9.17, 15) is 27.6 Å². The molecule has 0 fully saturated rings. The minimum Gasteiger partial charge on any atom is -0.354 e. The van der Waals surface area contributed by atoms with Gasteiger partial charge in [0.05, 0.1) is 28.4 Å². The van der Waals surface area contributed by atoms with Crippen LogP contribution in [0.4, 0.5) is 19.0 Å². The summed E-state index contributed by atoms with van der Waals surface area (Å²) in [7, 11) is 0. The second kappa shape index (κ2) is 13.4. The van der Waals surface area contributed by atoms with Crippen LogP contribution in [0, 0.1) is 0 Å². The van der Waals surface area contributed by atoms with Gasteiger partial charge in [0, 0.05) is 35.7 Å². The first kappa shape index (κ1) is 30.9. The average molecular weight is 612 g/mol. The van der Waals surface area contributed by atoms with E-state index in [0.29, 0.717) is 28.5 Å². The number of pyridine rings is 2. The number of nitrogens with zero attached hydrogens (tertiary/aromatic N) is 2. The van der Waals surface area contributed by atoms with Crippen LogP contribution in [-0.2, 0) is 11.0 Å². The number of aromatic nitrogens is 2. The predicted molar refractivity (Wildman–Crippen MR) is 164 cm³/mol. The maximum Gasteiger partial charge on any atom is 0.416 e. The summed E-state index contributed by atoms with van der Waals surface area (Å²) in [5.41, 5.74) is 1.70. The summed E-state index contributed by atoms with van der Waals surface area (Å²) in [5.74, 6) is -0.754. The highest BCUT2D eigenvalue weighted by Gasteiger charge is 2.30. The Morgan fingerprint density at radius 3 is 2.31 bits per heavy atom. The Morgan fingerprint density at radius 2 is 1.60 bits per heavy atom. The molecule has 228 valence electrons. The molecule has 0 saturated carbocycles. The maximum absolute atomic E-state index is 13.2. The number of hydrogen-bond acceptors (Lipinski definition) is 5. The number of amides is 3. The number of fused-ring (bicyclic) bond motifs is 1. The van der Waals surface area contributed by atoms with Crippen molar-refractivity contribution in [1.82, 2.24) is 20.6 Å². The Labute approximate surface area is 256 Å². The van der Waals surface area contributed by atoms with Crippen LogP contribution < -0.4 is 16.0 Å². The molecule has 0 saturated heterocycles. The fourth-order valence-electron chi connectivity index (χ4n) is 4.68. The van der Waals surface area contributed by atoms with Gasteiger partial charge in [0.25, 0.3) is 11.8 Å². The number of carbonyl (C=O) groups excluding carboxylic acids is 3. The van der Waals surface area contributed by atoms with E-state index in [4.69, 9.17) is 0 Å². The van der Waals surface area contributed by atoms with E-state index in [1.807, 2.05) is 30.3 Å². The molecule has 45 heavy (non-hydrogen) atoms. The van der Waals surface area contributed by atoms with Gasteiger partial charge >= 0.3 is 6.18 Å². The van der Waals surface area contributed by atoms with Gasteiger partial charge in [-0.15, -0.1) is 0 Å². The Morgan fingerprint density at radius 1 is 0.844 bits per heavy atom. The van der Waals surface area contributed by atoms with Gasteiger partial charge < -0.3 is 16.0 Å². The van der Waals surface area contributed by atoms with Crippen molar-refractivity contribution < 1.29 is 27.6 Å². The van der Waals surface area contributed by atoms with Gasteiger partial charge in [-0.25, -0.2) is 4.98 Å². The zero-order valence-corrected chi connectivity index (χ0v) is 24.1. The summed E-state index contributed by atoms with van der Waals surface area (Å²) in [5, 5.41) is 9.19. The van der Waals surface area contributed by atoms with Gasteiger partial charge in [-0.3, -0.25) is 19.4 Å². The number of alkyl halides is 3. The monoisotopic (exact) mass is 611 g/mol. The molecule has 3 amide bonds. The third-order valence-electron chi connectivity index (χ3n) is 7.06. The summed E-state index contributed by atoms with van der Waals surface area (Å²) in [4.78, 5) is 47.0. The van der Waals surface area contributed by atoms with E-state index >= 15 is 0 Å². The van der Waals surface area contributed by atoms with E-state index in [1.165, 1.54) is 24.4 Å². The summed E-state index contributed by atoms with van der Waals surface area (Å²) in [6, 6.07) is 24.7. The minimum absolute atomic E-state index is 0.121. The smallest absolute Gasteiger partial charge is 0.354 e. The molecule has 2 aromatic heterocycles. The zero-order valence-electron chi connectivity index (χ0n) is 24.1. The third kappa shape index (κ3) is 7.50. The van der Waals surface area contributed by atoms with Crippen molar-refractivity contribution in [3.8, 4) is 11.3 Å². The average Bonchev–Trinajstić information content (AvgIpc) is 3.06. The van der Waals surface area contributed by atoms with Crippen LogP contribution >= 0.6 is 0 Å². The van der Waals surface area contributed by atoms with Gasteiger partial charge in [-0.2, -0.15) is 13.2 Å². The highest BCUT2D eigenvalue weighted by molar-refractivity contribution is 6.08. The first-order valence-corrected chi connectivity index (χ1v) is 14.1. The van der Waals surface area contributed by atoms with Crippen LogP contribution in [0.25, 0.3) is 22.2 Å². The van der Waals surface area contributed by atoms with Crippen molar-refractivity contribution in [2.45, 2.75) is 25.6 Å². The van der Waals surface area contributed by atoms with E-state index in [2.05, 4.69) is 25.9 Å². The number of anilines is 1. The van der Waals surface area contributed by atoms with Gasteiger partial charge in [0.1, 0.15) is 5.82 Å². The number of benzene rings is 3. The molecule has 5 rings (SSSR count). The molecule has 2 heterocycles. The molecule has 3 aromatic carbocycles. The molecular weight excluding hydrogens is 583 g/mol. The molecule has 8 nitrogen and oxygen atoms in total. The highest BCUT2D eigenvalue weighted by Crippen LogP contribution is 2.31. The van der Waals surface area contributed by atoms with Gasteiger partial charge in [-0.05, 0) is 60.2 Å². The highest BCUT2D eigenvalue weighted by atomic mass is 19.4. The molecule has 0 aliphatic heterocycles. The molecular formula is C34H28F3N5O3. The second-order valence-electron chi connectivity index (χ2n) is 10.1. The lowest BCUT2D eigenvalue weighted by atomic mass is 10.0. The van der Waals surface area contributed by atoms with Crippen LogP contribution in [0.2, 0.25) is 0 Å². The normalized spacial score (nSPS) is 11.9. The molecule has 5 aromatic rings. The van der Waals surface area contributed by atoms with Crippen LogP contribution in [0.15, 0.2) is 103 Å². The Kier molecular flexibility index (Phi) is 9.17. The standard InChI is InChI=1S/C34H28F3N5O3/c1-2-30(43)39-20-28(21-7-4-3-5-8-21)41-32(44)24-12-16-27-23(19-24)13-17-29(40-27)42-33(45)26-9-6-18-38-31(26)22-10-14-25(15-11-22)34(35,36)37/h3-19,28H,2,20H2,1H3,(H,39,43)(H,41,44)(H,40,42,45)/t28-/m1/s1.